The predicted octanol–water partition coefficient (Wildman–Crippen LogP) is 1.96. The molecule has 192 valence electrons. The fourth-order valence-electron chi connectivity index (χ4n) is 4.16. The molecule has 0 radical (unpaired) electrons. The van der Waals surface area contributed by atoms with Crippen LogP contribution in [0.5, 0.6) is 11.5 Å². The normalized spacial score (nSPS) is 27.8. The molecule has 2 aromatic rings. The lowest BCUT2D eigenvalue weighted by Gasteiger charge is -2.41. The minimum atomic E-state index is -1.64. The molecule has 5 atom stereocenters. The monoisotopic (exact) mass is 512 g/mol. The van der Waals surface area contributed by atoms with Crippen molar-refractivity contribution >= 4 is 11.6 Å². The summed E-state index contributed by atoms with van der Waals surface area (Å²) >= 11 is 6.56. The van der Waals surface area contributed by atoms with Crippen LogP contribution in [0.15, 0.2) is 36.4 Å². The van der Waals surface area contributed by atoms with E-state index >= 15 is 0 Å². The van der Waals surface area contributed by atoms with Crippen LogP contribution >= 0.6 is 11.6 Å². The first-order valence-corrected chi connectivity index (χ1v) is 11.9. The molecule has 0 aliphatic carbocycles. The molecule has 0 bridgehead atoms. The third-order valence-electron chi connectivity index (χ3n) is 6.21. The first-order chi connectivity index (χ1) is 16.7. The highest BCUT2D eigenvalue weighted by Crippen LogP contribution is 2.40. The van der Waals surface area contributed by atoms with Gasteiger partial charge in [0.05, 0.1) is 26.4 Å². The maximum absolute atomic E-state index is 14.5. The van der Waals surface area contributed by atoms with Crippen LogP contribution in [0, 0.1) is 0 Å². The first-order valence-electron chi connectivity index (χ1n) is 11.5. The van der Waals surface area contributed by atoms with E-state index in [1.54, 1.807) is 6.07 Å². The fraction of sp³-hybridized carbons (Fsp3) is 0.520. The van der Waals surface area contributed by atoms with Crippen LogP contribution in [0.4, 0.5) is 4.39 Å². The zero-order chi connectivity index (χ0) is 25.2. The Balaban J connectivity index is 1.66. The molecule has 2 saturated heterocycles. The van der Waals surface area contributed by atoms with E-state index in [2.05, 4.69) is 0 Å². The highest BCUT2D eigenvalue weighted by atomic mass is 35.5. The third-order valence-corrected chi connectivity index (χ3v) is 6.57. The van der Waals surface area contributed by atoms with Gasteiger partial charge in [-0.15, -0.1) is 0 Å². The predicted molar refractivity (Wildman–Crippen MR) is 125 cm³/mol. The zero-order valence-electron chi connectivity index (χ0n) is 19.3. The second-order valence-electron chi connectivity index (χ2n) is 8.92. The topological polar surface area (TPSA) is 118 Å². The summed E-state index contributed by atoms with van der Waals surface area (Å²) in [6.07, 6.45) is -6.45. The Morgan fingerprint density at radius 1 is 1.06 bits per heavy atom. The molecule has 2 fully saturated rings. The van der Waals surface area contributed by atoms with E-state index in [1.165, 1.54) is 6.07 Å². The quantitative estimate of drug-likeness (QED) is 0.403. The van der Waals surface area contributed by atoms with Gasteiger partial charge in [0, 0.05) is 10.6 Å². The lowest BCUT2D eigenvalue weighted by atomic mass is 9.89. The zero-order valence-corrected chi connectivity index (χ0v) is 20.0. The summed E-state index contributed by atoms with van der Waals surface area (Å²) in [6, 6.07) is 10.7. The summed E-state index contributed by atoms with van der Waals surface area (Å²) in [6.45, 7) is 1.40. The number of benzene rings is 2. The summed E-state index contributed by atoms with van der Waals surface area (Å²) in [5.41, 5.74) is 0.298. The number of alkyl halides is 1. The molecule has 2 aliphatic rings. The largest absolute Gasteiger partial charge is 0.494 e. The van der Waals surface area contributed by atoms with E-state index < -0.39 is 42.8 Å². The van der Waals surface area contributed by atoms with Crippen LogP contribution in [0.1, 0.15) is 29.7 Å². The molecular formula is C25H30ClFO8. The maximum Gasteiger partial charge on any atom is 0.190 e. The van der Waals surface area contributed by atoms with Gasteiger partial charge in [0.15, 0.2) is 5.67 Å². The van der Waals surface area contributed by atoms with Crippen molar-refractivity contribution in [2.24, 2.45) is 0 Å². The number of hydrogen-bond donors (Lipinski definition) is 4. The second-order valence-corrected chi connectivity index (χ2v) is 9.32. The van der Waals surface area contributed by atoms with Crippen molar-refractivity contribution in [3.63, 3.8) is 0 Å². The molecule has 4 N–H and O–H groups in total. The molecule has 10 heteroatoms. The standard InChI is InChI=1S/C25H30ClFO8/c1-2-33-16-5-3-14(4-6-16)7-15-8-17(24-23(31)22(30)21(29)20(10-28)35-24)19(9-18(15)26)34-13-25(27)11-32-12-25/h3-6,8-9,20-24,28-31H,2,7,10-13H2,1H3/t20-,21-,22+,23-,24+/m1/s1. The Morgan fingerprint density at radius 2 is 1.77 bits per heavy atom. The number of hydrogen-bond acceptors (Lipinski definition) is 8. The van der Waals surface area contributed by atoms with Gasteiger partial charge in [-0.2, -0.15) is 0 Å². The minimum absolute atomic E-state index is 0.0913. The molecule has 4 rings (SSSR count). The lowest BCUT2D eigenvalue weighted by Crippen LogP contribution is -2.55. The van der Waals surface area contributed by atoms with E-state index in [0.717, 1.165) is 11.3 Å². The average Bonchev–Trinajstić information content (AvgIpc) is 2.83. The first kappa shape index (κ1) is 26.1. The Kier molecular flexibility index (Phi) is 8.17. The SMILES string of the molecule is CCOc1ccc(Cc2cc([C@@H]3O[C@H](CO)[C@@H](O)[C@H](O)[C@H]3O)c(OCC3(F)COC3)cc2Cl)cc1. The molecule has 0 spiro atoms. The van der Waals surface area contributed by atoms with Crippen molar-refractivity contribution in [3.8, 4) is 11.5 Å². The number of ether oxygens (including phenoxy) is 4. The van der Waals surface area contributed by atoms with Crippen molar-refractivity contribution in [1.82, 2.24) is 0 Å². The van der Waals surface area contributed by atoms with Gasteiger partial charge in [-0.25, -0.2) is 4.39 Å². The molecule has 2 heterocycles. The number of aliphatic hydroxyl groups excluding tert-OH is 4. The van der Waals surface area contributed by atoms with Crippen LogP contribution in [0.25, 0.3) is 0 Å². The molecule has 0 unspecified atom stereocenters. The lowest BCUT2D eigenvalue weighted by molar-refractivity contribution is -0.232. The van der Waals surface area contributed by atoms with Crippen molar-refractivity contribution in [2.75, 3.05) is 33.0 Å². The van der Waals surface area contributed by atoms with Gasteiger partial charge in [0.2, 0.25) is 0 Å². The molecule has 0 saturated carbocycles. The van der Waals surface area contributed by atoms with E-state index in [1.807, 2.05) is 31.2 Å². The number of rotatable bonds is 9. The van der Waals surface area contributed by atoms with Crippen molar-refractivity contribution in [1.29, 1.82) is 0 Å². The van der Waals surface area contributed by atoms with Crippen LogP contribution in [-0.4, -0.2) is 83.5 Å². The molecule has 2 aliphatic heterocycles. The van der Waals surface area contributed by atoms with Gasteiger partial charge in [0.25, 0.3) is 0 Å². The number of halogens is 2. The summed E-state index contributed by atoms with van der Waals surface area (Å²) in [5, 5.41) is 41.1. The molecule has 0 amide bonds. The Labute approximate surface area is 207 Å². The van der Waals surface area contributed by atoms with Crippen LogP contribution < -0.4 is 9.47 Å². The Bertz CT molecular complexity index is 998. The highest BCUT2D eigenvalue weighted by molar-refractivity contribution is 6.31. The van der Waals surface area contributed by atoms with E-state index in [4.69, 9.17) is 30.5 Å². The molecule has 0 aromatic heterocycles. The second kappa shape index (κ2) is 11.0. The van der Waals surface area contributed by atoms with Crippen LogP contribution in [0.3, 0.4) is 0 Å². The van der Waals surface area contributed by atoms with Gasteiger partial charge in [0.1, 0.15) is 48.6 Å². The van der Waals surface area contributed by atoms with Gasteiger partial charge >= 0.3 is 0 Å². The smallest absolute Gasteiger partial charge is 0.190 e. The fourth-order valence-corrected chi connectivity index (χ4v) is 4.38. The van der Waals surface area contributed by atoms with E-state index in [0.29, 0.717) is 29.2 Å². The van der Waals surface area contributed by atoms with Crippen molar-refractivity contribution in [2.45, 2.75) is 49.5 Å². The van der Waals surface area contributed by atoms with Gasteiger partial charge in [-0.3, -0.25) is 0 Å². The molecule has 35 heavy (non-hydrogen) atoms. The van der Waals surface area contributed by atoms with Crippen molar-refractivity contribution in [3.05, 3.63) is 58.1 Å². The van der Waals surface area contributed by atoms with E-state index in [9.17, 15) is 24.8 Å². The molecule has 2 aromatic carbocycles. The Hall–Kier alpha value is -1.98. The average molecular weight is 513 g/mol. The summed E-state index contributed by atoms with van der Waals surface area (Å²) < 4.78 is 36.5. The van der Waals surface area contributed by atoms with Gasteiger partial charge < -0.3 is 39.4 Å². The van der Waals surface area contributed by atoms with Gasteiger partial charge in [-0.1, -0.05) is 23.7 Å². The van der Waals surface area contributed by atoms with Crippen molar-refractivity contribution < 1.29 is 43.8 Å². The van der Waals surface area contributed by atoms with E-state index in [-0.39, 0.29) is 25.6 Å². The van der Waals surface area contributed by atoms with Crippen LogP contribution in [0.2, 0.25) is 5.02 Å². The summed E-state index contributed by atoms with van der Waals surface area (Å²) in [4.78, 5) is 0. The maximum atomic E-state index is 14.5. The third kappa shape index (κ3) is 5.72. The van der Waals surface area contributed by atoms with Gasteiger partial charge in [-0.05, 0) is 48.7 Å². The van der Waals surface area contributed by atoms with Crippen LogP contribution in [-0.2, 0) is 15.9 Å². The number of aliphatic hydroxyl groups is 4. The molecular weight excluding hydrogens is 483 g/mol. The molecule has 8 nitrogen and oxygen atoms in total. The summed E-state index contributed by atoms with van der Waals surface area (Å²) in [7, 11) is 0. The highest BCUT2D eigenvalue weighted by Gasteiger charge is 2.45. The minimum Gasteiger partial charge on any atom is -0.494 e. The Morgan fingerprint density at radius 3 is 2.37 bits per heavy atom. The summed E-state index contributed by atoms with van der Waals surface area (Å²) in [5.74, 6) is 0.909.